The Morgan fingerprint density at radius 1 is 1.09 bits per heavy atom. The lowest BCUT2D eigenvalue weighted by molar-refractivity contribution is -0.138. The predicted octanol–water partition coefficient (Wildman–Crippen LogP) is -3.83. The topological polar surface area (TPSA) is 203 Å². The Kier molecular flexibility index (Phi) is 15.6. The van der Waals surface area contributed by atoms with Gasteiger partial charge in [-0.15, -0.1) is 0 Å². The van der Waals surface area contributed by atoms with Crippen molar-refractivity contribution in [3.63, 3.8) is 0 Å². The lowest BCUT2D eigenvalue weighted by Crippen LogP contribution is -2.48. The zero-order valence-corrected chi connectivity index (χ0v) is 13.4. The van der Waals surface area contributed by atoms with Crippen molar-refractivity contribution in [3.8, 4) is 0 Å². The molecule has 0 saturated heterocycles. The second-order valence-corrected chi connectivity index (χ2v) is 5.09. The molecule has 0 aromatic rings. The Morgan fingerprint density at radius 2 is 1.61 bits per heavy atom. The van der Waals surface area contributed by atoms with Gasteiger partial charge in [-0.05, 0) is 26.4 Å². The fourth-order valence-electron chi connectivity index (χ4n) is 1.53. The molecular weight excluding hydrogens is 310 g/mol. The molecule has 10 heteroatoms. The van der Waals surface area contributed by atoms with Crippen LogP contribution in [0.2, 0.25) is 0 Å². The van der Waals surface area contributed by atoms with Crippen molar-refractivity contribution in [3.05, 3.63) is 0 Å². The summed E-state index contributed by atoms with van der Waals surface area (Å²) >= 11 is 0. The molecule has 11 N–H and O–H groups in total. The number of nitrogens with one attached hydrogen (secondary N) is 1. The van der Waals surface area contributed by atoms with Gasteiger partial charge in [-0.1, -0.05) is 6.42 Å². The Hall–Kier alpha value is -0.850. The Morgan fingerprint density at radius 3 is 2.00 bits per heavy atom. The third kappa shape index (κ3) is 12.3. The maximum absolute atomic E-state index is 10.1. The number of aliphatic hydroxyl groups excluding tert-OH is 5. The SMILES string of the molecule is CNC[C@H](O)[C@@H](O)[C@H](O)[C@H](O)CO.NCCCC[C@H](N)C(=O)O. The first-order valence-electron chi connectivity index (χ1n) is 7.39. The molecule has 0 aliphatic rings. The average molecular weight is 341 g/mol. The number of likely N-dealkylation sites (N-methyl/N-ethyl adjacent to an activating group) is 1. The van der Waals surface area contributed by atoms with Crippen LogP contribution in [0.4, 0.5) is 0 Å². The molecule has 0 amide bonds. The largest absolute Gasteiger partial charge is 0.480 e. The number of hydrogen-bond acceptors (Lipinski definition) is 9. The zero-order valence-electron chi connectivity index (χ0n) is 13.4. The molecule has 0 aliphatic carbocycles. The lowest BCUT2D eigenvalue weighted by atomic mass is 10.0. The van der Waals surface area contributed by atoms with Crippen LogP contribution in [0.5, 0.6) is 0 Å². The van der Waals surface area contributed by atoms with Crippen LogP contribution in [0.1, 0.15) is 19.3 Å². The van der Waals surface area contributed by atoms with Crippen LogP contribution in [0.3, 0.4) is 0 Å². The van der Waals surface area contributed by atoms with Gasteiger partial charge in [0.2, 0.25) is 0 Å². The van der Waals surface area contributed by atoms with E-state index in [1.165, 1.54) is 0 Å². The van der Waals surface area contributed by atoms with E-state index in [0.717, 1.165) is 12.8 Å². The molecule has 0 rings (SSSR count). The van der Waals surface area contributed by atoms with E-state index in [1.54, 1.807) is 7.05 Å². The average Bonchev–Trinajstić information content (AvgIpc) is 2.53. The van der Waals surface area contributed by atoms with Gasteiger partial charge in [-0.2, -0.15) is 0 Å². The van der Waals surface area contributed by atoms with Crippen molar-refractivity contribution < 1.29 is 35.4 Å². The first-order chi connectivity index (χ1) is 10.7. The molecule has 0 unspecified atom stereocenters. The first-order valence-corrected chi connectivity index (χ1v) is 7.39. The van der Waals surface area contributed by atoms with E-state index in [1.807, 2.05) is 0 Å². The van der Waals surface area contributed by atoms with Crippen molar-refractivity contribution in [1.29, 1.82) is 0 Å². The van der Waals surface area contributed by atoms with Gasteiger partial charge in [0.25, 0.3) is 0 Å². The summed E-state index contributed by atoms with van der Waals surface area (Å²) in [6.45, 7) is 0.0349. The maximum atomic E-state index is 10.1. The molecule has 0 saturated carbocycles. The number of rotatable bonds is 11. The third-order valence-electron chi connectivity index (χ3n) is 3.03. The summed E-state index contributed by atoms with van der Waals surface area (Å²) in [5.41, 5.74) is 10.4. The van der Waals surface area contributed by atoms with E-state index in [-0.39, 0.29) is 6.54 Å². The Balaban J connectivity index is 0. The van der Waals surface area contributed by atoms with E-state index in [2.05, 4.69) is 5.32 Å². The van der Waals surface area contributed by atoms with Crippen molar-refractivity contribution >= 4 is 5.97 Å². The highest BCUT2D eigenvalue weighted by atomic mass is 16.4. The van der Waals surface area contributed by atoms with Gasteiger partial charge in [-0.25, -0.2) is 0 Å². The Labute approximate surface area is 135 Å². The minimum Gasteiger partial charge on any atom is -0.480 e. The van der Waals surface area contributed by atoms with Gasteiger partial charge in [0.05, 0.1) is 12.7 Å². The van der Waals surface area contributed by atoms with Crippen molar-refractivity contribution in [2.45, 2.75) is 49.7 Å². The normalized spacial score (nSPS) is 17.4. The van der Waals surface area contributed by atoms with Crippen molar-refractivity contribution in [1.82, 2.24) is 5.32 Å². The van der Waals surface area contributed by atoms with Crippen LogP contribution in [0, 0.1) is 0 Å². The fourth-order valence-corrected chi connectivity index (χ4v) is 1.53. The lowest BCUT2D eigenvalue weighted by Gasteiger charge is -2.25. The number of unbranched alkanes of at least 4 members (excludes halogenated alkanes) is 1. The standard InChI is InChI=1S/C7H17NO5.C6H14N2O2/c1-8-2-4(10)6(12)7(13)5(11)3-9;7-4-2-1-3-5(8)6(9)10/h4-13H,2-3H2,1H3;5H,1-4,7-8H2,(H,9,10)/t4-,5+,6+,7+;5-/m00/s1. The summed E-state index contributed by atoms with van der Waals surface area (Å²) in [6, 6.07) is -0.716. The molecule has 0 bridgehead atoms. The van der Waals surface area contributed by atoms with Gasteiger partial charge in [-0.3, -0.25) is 4.79 Å². The molecule has 5 atom stereocenters. The molecule has 0 fully saturated rings. The fraction of sp³-hybridized carbons (Fsp3) is 0.923. The molecule has 0 radical (unpaired) electrons. The number of hydrogen-bond donors (Lipinski definition) is 9. The third-order valence-corrected chi connectivity index (χ3v) is 3.03. The monoisotopic (exact) mass is 341 g/mol. The second-order valence-electron chi connectivity index (χ2n) is 5.09. The van der Waals surface area contributed by atoms with E-state index < -0.39 is 43.0 Å². The van der Waals surface area contributed by atoms with Gasteiger partial charge >= 0.3 is 5.97 Å². The van der Waals surface area contributed by atoms with Crippen LogP contribution in [-0.4, -0.2) is 93.8 Å². The highest BCUT2D eigenvalue weighted by Crippen LogP contribution is 2.04. The van der Waals surface area contributed by atoms with Gasteiger partial charge in [0.1, 0.15) is 24.4 Å². The van der Waals surface area contributed by atoms with Crippen LogP contribution in [-0.2, 0) is 4.79 Å². The first kappa shape index (κ1) is 24.4. The van der Waals surface area contributed by atoms with Crippen LogP contribution in [0.25, 0.3) is 0 Å². The van der Waals surface area contributed by atoms with Gasteiger partial charge in [0.15, 0.2) is 0 Å². The predicted molar refractivity (Wildman–Crippen MR) is 83.6 cm³/mol. The number of aliphatic carboxylic acids is 1. The van der Waals surface area contributed by atoms with E-state index in [0.29, 0.717) is 13.0 Å². The van der Waals surface area contributed by atoms with Crippen molar-refractivity contribution in [2.75, 3.05) is 26.7 Å². The molecule has 0 heterocycles. The quantitative estimate of drug-likeness (QED) is 0.167. The minimum atomic E-state index is -1.55. The summed E-state index contributed by atoms with van der Waals surface area (Å²) in [5.74, 6) is -0.933. The smallest absolute Gasteiger partial charge is 0.320 e. The number of carboxylic acids is 1. The molecule has 23 heavy (non-hydrogen) atoms. The number of carbonyl (C=O) groups is 1. The number of nitrogens with two attached hydrogens (primary N) is 2. The molecule has 0 aromatic carbocycles. The highest BCUT2D eigenvalue weighted by molar-refractivity contribution is 5.72. The van der Waals surface area contributed by atoms with Gasteiger partial charge in [0, 0.05) is 6.54 Å². The summed E-state index contributed by atoms with van der Waals surface area (Å²) in [6.07, 6.45) is -3.48. The van der Waals surface area contributed by atoms with Crippen molar-refractivity contribution in [2.24, 2.45) is 11.5 Å². The molecule has 0 spiro atoms. The van der Waals surface area contributed by atoms with E-state index >= 15 is 0 Å². The second kappa shape index (κ2) is 14.7. The van der Waals surface area contributed by atoms with Gasteiger partial charge < -0.3 is 47.4 Å². The summed E-state index contributed by atoms with van der Waals surface area (Å²) in [5, 5.41) is 55.8. The summed E-state index contributed by atoms with van der Waals surface area (Å²) in [7, 11) is 1.57. The highest BCUT2D eigenvalue weighted by Gasteiger charge is 2.29. The van der Waals surface area contributed by atoms with Crippen LogP contribution >= 0.6 is 0 Å². The molecule has 10 nitrogen and oxygen atoms in total. The molecule has 140 valence electrons. The minimum absolute atomic E-state index is 0.0936. The van der Waals surface area contributed by atoms with Crippen LogP contribution < -0.4 is 16.8 Å². The molecule has 0 aromatic heterocycles. The number of aliphatic hydroxyl groups is 5. The molecular formula is C13H31N3O7. The van der Waals surface area contributed by atoms with E-state index in [4.69, 9.17) is 37.0 Å². The maximum Gasteiger partial charge on any atom is 0.320 e. The van der Waals surface area contributed by atoms with Crippen LogP contribution in [0.15, 0.2) is 0 Å². The summed E-state index contributed by atoms with van der Waals surface area (Å²) in [4.78, 5) is 10.1. The zero-order chi connectivity index (χ0) is 18.4. The molecule has 0 aliphatic heterocycles. The summed E-state index contributed by atoms with van der Waals surface area (Å²) < 4.78 is 0. The van der Waals surface area contributed by atoms with E-state index in [9.17, 15) is 9.90 Å². The Bertz CT molecular complexity index is 297. The number of carboxylic acid groups (broad SMARTS) is 1.